The van der Waals surface area contributed by atoms with Crippen molar-refractivity contribution in [1.82, 2.24) is 10.3 Å². The average molecular weight is 381 g/mol. The van der Waals surface area contributed by atoms with Crippen molar-refractivity contribution < 1.29 is 14.3 Å². The van der Waals surface area contributed by atoms with Gasteiger partial charge in [-0.05, 0) is 56.9 Å². The third kappa shape index (κ3) is 5.31. The number of carbonyl (C=O) groups excluding carboxylic acids is 2. The molecular formula is C22H27N3O3. The average Bonchev–Trinajstić information content (AvgIpc) is 2.74. The summed E-state index contributed by atoms with van der Waals surface area (Å²) in [5.41, 5.74) is 1.54. The SMILES string of the molecule is CCOc1ccccc1NC(=O)C1CCC(C(=O)NCc2ccccn2)CC1. The number of nitrogens with one attached hydrogen (secondary N) is 2. The Morgan fingerprint density at radius 1 is 1.00 bits per heavy atom. The van der Waals surface area contributed by atoms with E-state index < -0.39 is 0 Å². The molecule has 0 saturated heterocycles. The van der Waals surface area contributed by atoms with Crippen LogP contribution in [-0.2, 0) is 16.1 Å². The van der Waals surface area contributed by atoms with Crippen LogP contribution < -0.4 is 15.4 Å². The zero-order chi connectivity index (χ0) is 19.8. The Morgan fingerprint density at radius 3 is 2.36 bits per heavy atom. The molecule has 1 fully saturated rings. The summed E-state index contributed by atoms with van der Waals surface area (Å²) in [6, 6.07) is 13.1. The molecular weight excluding hydrogens is 354 g/mol. The number of amides is 2. The maximum Gasteiger partial charge on any atom is 0.227 e. The summed E-state index contributed by atoms with van der Waals surface area (Å²) < 4.78 is 5.56. The highest BCUT2D eigenvalue weighted by Crippen LogP contribution is 2.31. The number of hydrogen-bond donors (Lipinski definition) is 2. The van der Waals surface area contributed by atoms with Gasteiger partial charge in [-0.15, -0.1) is 0 Å². The van der Waals surface area contributed by atoms with Crippen LogP contribution in [0.4, 0.5) is 5.69 Å². The van der Waals surface area contributed by atoms with Crippen LogP contribution in [0.2, 0.25) is 0 Å². The van der Waals surface area contributed by atoms with Crippen LogP contribution in [0.1, 0.15) is 38.3 Å². The van der Waals surface area contributed by atoms with Crippen molar-refractivity contribution in [2.45, 2.75) is 39.2 Å². The van der Waals surface area contributed by atoms with E-state index in [-0.39, 0.29) is 23.7 Å². The number of ether oxygens (including phenoxy) is 1. The maximum absolute atomic E-state index is 12.6. The third-order valence-electron chi connectivity index (χ3n) is 5.08. The molecule has 0 unspecified atom stereocenters. The highest BCUT2D eigenvalue weighted by atomic mass is 16.5. The molecule has 2 aromatic rings. The fourth-order valence-corrected chi connectivity index (χ4v) is 3.53. The molecule has 0 atom stereocenters. The van der Waals surface area contributed by atoms with Crippen LogP contribution in [0, 0.1) is 11.8 Å². The lowest BCUT2D eigenvalue weighted by molar-refractivity contribution is -0.128. The number of pyridine rings is 1. The molecule has 1 aliphatic carbocycles. The van der Waals surface area contributed by atoms with E-state index >= 15 is 0 Å². The first-order chi connectivity index (χ1) is 13.7. The number of anilines is 1. The van der Waals surface area contributed by atoms with Crippen molar-refractivity contribution in [2.75, 3.05) is 11.9 Å². The number of hydrogen-bond acceptors (Lipinski definition) is 4. The number of nitrogens with zero attached hydrogens (tertiary/aromatic N) is 1. The summed E-state index contributed by atoms with van der Waals surface area (Å²) in [5, 5.41) is 5.94. The highest BCUT2D eigenvalue weighted by Gasteiger charge is 2.30. The molecule has 0 aliphatic heterocycles. The minimum absolute atomic E-state index is 0.000466. The van der Waals surface area contributed by atoms with E-state index in [1.165, 1.54) is 0 Å². The highest BCUT2D eigenvalue weighted by molar-refractivity contribution is 5.94. The van der Waals surface area contributed by atoms with E-state index in [0.717, 1.165) is 18.5 Å². The number of rotatable bonds is 7. The molecule has 6 heteroatoms. The molecule has 148 valence electrons. The van der Waals surface area contributed by atoms with Gasteiger partial charge in [0.15, 0.2) is 0 Å². The molecule has 1 aliphatic rings. The van der Waals surface area contributed by atoms with E-state index in [0.29, 0.717) is 37.4 Å². The smallest absolute Gasteiger partial charge is 0.227 e. The van der Waals surface area contributed by atoms with E-state index in [9.17, 15) is 9.59 Å². The molecule has 28 heavy (non-hydrogen) atoms. The standard InChI is InChI=1S/C22H27N3O3/c1-2-28-20-9-4-3-8-19(20)25-22(27)17-12-10-16(11-13-17)21(26)24-15-18-7-5-6-14-23-18/h3-9,14,16-17H,2,10-13,15H2,1H3,(H,24,26)(H,25,27). The van der Waals surface area contributed by atoms with Crippen molar-refractivity contribution >= 4 is 17.5 Å². The van der Waals surface area contributed by atoms with Crippen LogP contribution in [0.15, 0.2) is 48.7 Å². The normalized spacial score (nSPS) is 18.9. The second-order valence-electron chi connectivity index (χ2n) is 7.01. The Morgan fingerprint density at radius 2 is 1.68 bits per heavy atom. The van der Waals surface area contributed by atoms with Gasteiger partial charge in [0.05, 0.1) is 24.5 Å². The van der Waals surface area contributed by atoms with Crippen LogP contribution in [-0.4, -0.2) is 23.4 Å². The Hall–Kier alpha value is -2.89. The zero-order valence-electron chi connectivity index (χ0n) is 16.2. The monoisotopic (exact) mass is 381 g/mol. The van der Waals surface area contributed by atoms with Crippen molar-refractivity contribution in [3.05, 3.63) is 54.4 Å². The van der Waals surface area contributed by atoms with Gasteiger partial charge in [-0.3, -0.25) is 14.6 Å². The lowest BCUT2D eigenvalue weighted by Crippen LogP contribution is -2.35. The molecule has 0 radical (unpaired) electrons. The Bertz CT molecular complexity index is 787. The second kappa shape index (κ2) is 9.88. The number of carbonyl (C=O) groups is 2. The first-order valence-electron chi connectivity index (χ1n) is 9.87. The van der Waals surface area contributed by atoms with Gasteiger partial charge in [-0.2, -0.15) is 0 Å². The van der Waals surface area contributed by atoms with E-state index in [4.69, 9.17) is 4.74 Å². The Kier molecular flexibility index (Phi) is 7.00. The molecule has 1 saturated carbocycles. The summed E-state index contributed by atoms with van der Waals surface area (Å²) >= 11 is 0. The van der Waals surface area contributed by atoms with Gasteiger partial charge >= 0.3 is 0 Å². The van der Waals surface area contributed by atoms with Crippen molar-refractivity contribution in [1.29, 1.82) is 0 Å². The van der Waals surface area contributed by atoms with Crippen LogP contribution in [0.3, 0.4) is 0 Å². The van der Waals surface area contributed by atoms with Crippen LogP contribution in [0.25, 0.3) is 0 Å². The molecule has 0 spiro atoms. The lowest BCUT2D eigenvalue weighted by atomic mass is 9.81. The number of benzene rings is 1. The predicted molar refractivity (Wildman–Crippen MR) is 108 cm³/mol. The van der Waals surface area contributed by atoms with Crippen LogP contribution >= 0.6 is 0 Å². The van der Waals surface area contributed by atoms with Gasteiger partial charge in [0, 0.05) is 18.0 Å². The van der Waals surface area contributed by atoms with Crippen LogP contribution in [0.5, 0.6) is 5.75 Å². The predicted octanol–water partition coefficient (Wildman–Crippen LogP) is 3.54. The maximum atomic E-state index is 12.6. The summed E-state index contributed by atoms with van der Waals surface area (Å²) in [6.45, 7) is 2.90. The van der Waals surface area contributed by atoms with Crippen molar-refractivity contribution in [3.8, 4) is 5.75 Å². The largest absolute Gasteiger partial charge is 0.492 e. The summed E-state index contributed by atoms with van der Waals surface area (Å²) in [4.78, 5) is 29.2. The quantitative estimate of drug-likeness (QED) is 0.769. The van der Waals surface area contributed by atoms with Crippen molar-refractivity contribution in [3.63, 3.8) is 0 Å². The molecule has 0 bridgehead atoms. The summed E-state index contributed by atoms with van der Waals surface area (Å²) in [7, 11) is 0. The molecule has 1 heterocycles. The molecule has 2 N–H and O–H groups in total. The topological polar surface area (TPSA) is 80.3 Å². The molecule has 1 aromatic carbocycles. The fourth-order valence-electron chi connectivity index (χ4n) is 3.53. The number of para-hydroxylation sites is 2. The molecule has 1 aromatic heterocycles. The molecule has 2 amide bonds. The van der Waals surface area contributed by atoms with Crippen molar-refractivity contribution in [2.24, 2.45) is 11.8 Å². The first-order valence-corrected chi connectivity index (χ1v) is 9.87. The van der Waals surface area contributed by atoms with E-state index in [1.807, 2.05) is 49.4 Å². The minimum atomic E-state index is -0.0745. The Balaban J connectivity index is 1.47. The molecule has 3 rings (SSSR count). The summed E-state index contributed by atoms with van der Waals surface area (Å²) in [5.74, 6) is 0.615. The summed E-state index contributed by atoms with van der Waals surface area (Å²) in [6.07, 6.45) is 4.59. The fraction of sp³-hybridized carbons (Fsp3) is 0.409. The van der Waals surface area contributed by atoms with E-state index in [2.05, 4.69) is 15.6 Å². The molecule has 6 nitrogen and oxygen atoms in total. The van der Waals surface area contributed by atoms with Gasteiger partial charge in [0.25, 0.3) is 0 Å². The third-order valence-corrected chi connectivity index (χ3v) is 5.08. The lowest BCUT2D eigenvalue weighted by Gasteiger charge is -2.27. The van der Waals surface area contributed by atoms with Gasteiger partial charge in [-0.1, -0.05) is 18.2 Å². The minimum Gasteiger partial charge on any atom is -0.492 e. The zero-order valence-corrected chi connectivity index (χ0v) is 16.2. The van der Waals surface area contributed by atoms with Gasteiger partial charge in [-0.25, -0.2) is 0 Å². The Labute approximate surface area is 165 Å². The van der Waals surface area contributed by atoms with Gasteiger partial charge < -0.3 is 15.4 Å². The van der Waals surface area contributed by atoms with Gasteiger partial charge in [0.2, 0.25) is 11.8 Å². The van der Waals surface area contributed by atoms with Gasteiger partial charge in [0.1, 0.15) is 5.75 Å². The first kappa shape index (κ1) is 19.9. The number of aromatic nitrogens is 1. The second-order valence-corrected chi connectivity index (χ2v) is 7.01. The van der Waals surface area contributed by atoms with E-state index in [1.54, 1.807) is 6.20 Å².